The number of aromatic nitrogens is 2. The molecule has 2 aromatic heterocycles. The molecule has 4 nitrogen and oxygen atoms in total. The minimum absolute atomic E-state index is 0.476. The maximum Gasteiger partial charge on any atom is 0.135 e. The third kappa shape index (κ3) is 2.19. The molecule has 0 aromatic carbocycles. The Balaban J connectivity index is 2.11. The summed E-state index contributed by atoms with van der Waals surface area (Å²) in [7, 11) is 1.60. The third-order valence-electron chi connectivity index (χ3n) is 2.12. The van der Waals surface area contributed by atoms with E-state index in [2.05, 4.69) is 9.97 Å². The van der Waals surface area contributed by atoms with E-state index in [9.17, 15) is 5.11 Å². The molecule has 0 fully saturated rings. The molecule has 2 N–H and O–H groups in total. The van der Waals surface area contributed by atoms with E-state index in [-0.39, 0.29) is 0 Å². The van der Waals surface area contributed by atoms with E-state index < -0.39 is 6.10 Å². The van der Waals surface area contributed by atoms with Crippen LogP contribution < -0.4 is 4.74 Å². The van der Waals surface area contributed by atoms with Crippen LogP contribution in [0.1, 0.15) is 16.8 Å². The van der Waals surface area contributed by atoms with E-state index in [1.54, 1.807) is 19.5 Å². The van der Waals surface area contributed by atoms with Crippen molar-refractivity contribution >= 4 is 11.3 Å². The van der Waals surface area contributed by atoms with Gasteiger partial charge in [0.25, 0.3) is 0 Å². The minimum atomic E-state index is -0.564. The molecule has 1 atom stereocenters. The summed E-state index contributed by atoms with van der Waals surface area (Å²) in [6.45, 7) is 0. The molecule has 1 unspecified atom stereocenters. The Morgan fingerprint density at radius 2 is 2.53 bits per heavy atom. The Bertz CT molecular complexity index is 411. The molecule has 5 heteroatoms. The fourth-order valence-corrected chi connectivity index (χ4v) is 2.25. The van der Waals surface area contributed by atoms with Crippen molar-refractivity contribution in [3.63, 3.8) is 0 Å². The SMILES string of the molecule is COc1ccsc1C(O)Cc1ncc[nH]1. The Morgan fingerprint density at radius 3 is 3.20 bits per heavy atom. The molecule has 0 amide bonds. The number of hydrogen-bond donors (Lipinski definition) is 2. The second-order valence-electron chi connectivity index (χ2n) is 3.11. The van der Waals surface area contributed by atoms with Crippen molar-refractivity contribution in [2.45, 2.75) is 12.5 Å². The number of aliphatic hydroxyl groups is 1. The molecule has 0 saturated carbocycles. The highest BCUT2D eigenvalue weighted by molar-refractivity contribution is 7.10. The van der Waals surface area contributed by atoms with Crippen molar-refractivity contribution < 1.29 is 9.84 Å². The van der Waals surface area contributed by atoms with Crippen LogP contribution in [0, 0.1) is 0 Å². The number of imidazole rings is 1. The van der Waals surface area contributed by atoms with E-state index in [0.29, 0.717) is 6.42 Å². The molecule has 0 saturated heterocycles. The number of nitrogens with one attached hydrogen (secondary N) is 1. The molecule has 2 aromatic rings. The summed E-state index contributed by atoms with van der Waals surface area (Å²) in [6, 6.07) is 1.85. The lowest BCUT2D eigenvalue weighted by Crippen LogP contribution is -2.02. The van der Waals surface area contributed by atoms with Crippen molar-refractivity contribution in [2.24, 2.45) is 0 Å². The molecular weight excluding hydrogens is 212 g/mol. The van der Waals surface area contributed by atoms with Gasteiger partial charge in [-0.3, -0.25) is 0 Å². The van der Waals surface area contributed by atoms with Crippen LogP contribution in [0.5, 0.6) is 5.75 Å². The van der Waals surface area contributed by atoms with E-state index in [1.165, 1.54) is 11.3 Å². The molecule has 0 aliphatic carbocycles. The highest BCUT2D eigenvalue weighted by atomic mass is 32.1. The maximum absolute atomic E-state index is 9.96. The van der Waals surface area contributed by atoms with E-state index >= 15 is 0 Å². The van der Waals surface area contributed by atoms with Gasteiger partial charge in [0.2, 0.25) is 0 Å². The average molecular weight is 224 g/mol. The number of methoxy groups -OCH3 is 1. The normalized spacial score (nSPS) is 12.7. The molecule has 0 radical (unpaired) electrons. The summed E-state index contributed by atoms with van der Waals surface area (Å²) in [4.78, 5) is 7.87. The molecule has 0 aliphatic heterocycles. The van der Waals surface area contributed by atoms with Gasteiger partial charge in [0, 0.05) is 18.8 Å². The fourth-order valence-electron chi connectivity index (χ4n) is 1.41. The molecule has 0 aliphatic rings. The average Bonchev–Trinajstić information content (AvgIpc) is 2.86. The molecule has 80 valence electrons. The highest BCUT2D eigenvalue weighted by Crippen LogP contribution is 2.31. The second kappa shape index (κ2) is 4.46. The van der Waals surface area contributed by atoms with Gasteiger partial charge < -0.3 is 14.8 Å². The van der Waals surface area contributed by atoms with Crippen LogP contribution in [0.15, 0.2) is 23.8 Å². The summed E-state index contributed by atoms with van der Waals surface area (Å²) in [6.07, 6.45) is 3.33. The Morgan fingerprint density at radius 1 is 1.67 bits per heavy atom. The lowest BCUT2D eigenvalue weighted by Gasteiger charge is -2.08. The molecular formula is C10H12N2O2S. The smallest absolute Gasteiger partial charge is 0.135 e. The van der Waals surface area contributed by atoms with Gasteiger partial charge >= 0.3 is 0 Å². The van der Waals surface area contributed by atoms with Gasteiger partial charge in [0.1, 0.15) is 11.6 Å². The van der Waals surface area contributed by atoms with Crippen LogP contribution in [-0.2, 0) is 6.42 Å². The lowest BCUT2D eigenvalue weighted by atomic mass is 10.2. The van der Waals surface area contributed by atoms with Crippen molar-refractivity contribution in [3.8, 4) is 5.75 Å². The first-order chi connectivity index (χ1) is 7.31. The van der Waals surface area contributed by atoms with Crippen molar-refractivity contribution in [2.75, 3.05) is 7.11 Å². The first kappa shape index (κ1) is 10.2. The molecule has 2 heterocycles. The topological polar surface area (TPSA) is 58.1 Å². The van der Waals surface area contributed by atoms with Crippen LogP contribution in [0.25, 0.3) is 0 Å². The minimum Gasteiger partial charge on any atom is -0.495 e. The fraction of sp³-hybridized carbons (Fsp3) is 0.300. The van der Waals surface area contributed by atoms with Crippen LogP contribution >= 0.6 is 11.3 Å². The molecule has 15 heavy (non-hydrogen) atoms. The van der Waals surface area contributed by atoms with Gasteiger partial charge in [-0.15, -0.1) is 11.3 Å². The zero-order valence-corrected chi connectivity index (χ0v) is 9.12. The summed E-state index contributed by atoms with van der Waals surface area (Å²) in [5.74, 6) is 1.51. The number of nitrogens with zero attached hydrogens (tertiary/aromatic N) is 1. The van der Waals surface area contributed by atoms with Gasteiger partial charge in [-0.1, -0.05) is 0 Å². The Labute approximate surface area is 91.6 Å². The summed E-state index contributed by atoms with van der Waals surface area (Å²) < 4.78 is 5.15. The van der Waals surface area contributed by atoms with Crippen molar-refractivity contribution in [1.29, 1.82) is 0 Å². The number of rotatable bonds is 4. The monoisotopic (exact) mass is 224 g/mol. The van der Waals surface area contributed by atoms with Crippen LogP contribution in [0.2, 0.25) is 0 Å². The number of aromatic amines is 1. The zero-order chi connectivity index (χ0) is 10.7. The number of ether oxygens (including phenoxy) is 1. The van der Waals surface area contributed by atoms with Crippen LogP contribution in [-0.4, -0.2) is 22.2 Å². The standard InChI is InChI=1S/C10H12N2O2S/c1-14-8-2-5-15-10(8)7(13)6-9-11-3-4-12-9/h2-5,7,13H,6H2,1H3,(H,11,12). The largest absolute Gasteiger partial charge is 0.495 e. The van der Waals surface area contributed by atoms with Gasteiger partial charge in [-0.25, -0.2) is 4.98 Å². The van der Waals surface area contributed by atoms with Gasteiger partial charge in [-0.05, 0) is 11.4 Å². The molecule has 0 bridgehead atoms. The third-order valence-corrected chi connectivity index (χ3v) is 3.12. The molecule has 0 spiro atoms. The van der Waals surface area contributed by atoms with E-state index in [1.807, 2.05) is 11.4 Å². The van der Waals surface area contributed by atoms with Gasteiger partial charge in [0.15, 0.2) is 0 Å². The summed E-state index contributed by atoms with van der Waals surface area (Å²) >= 11 is 1.49. The van der Waals surface area contributed by atoms with Crippen LogP contribution in [0.4, 0.5) is 0 Å². The first-order valence-corrected chi connectivity index (χ1v) is 5.47. The van der Waals surface area contributed by atoms with Crippen molar-refractivity contribution in [3.05, 3.63) is 34.5 Å². The van der Waals surface area contributed by atoms with E-state index in [4.69, 9.17) is 4.74 Å². The predicted molar refractivity (Wildman–Crippen MR) is 58.1 cm³/mol. The number of thiophene rings is 1. The maximum atomic E-state index is 9.96. The number of hydrogen-bond acceptors (Lipinski definition) is 4. The predicted octanol–water partition coefficient (Wildman–Crippen LogP) is 1.76. The Hall–Kier alpha value is -1.33. The second-order valence-corrected chi connectivity index (χ2v) is 4.06. The quantitative estimate of drug-likeness (QED) is 0.832. The zero-order valence-electron chi connectivity index (χ0n) is 8.30. The van der Waals surface area contributed by atoms with Crippen LogP contribution in [0.3, 0.4) is 0 Å². The van der Waals surface area contributed by atoms with Crippen molar-refractivity contribution in [1.82, 2.24) is 9.97 Å². The first-order valence-electron chi connectivity index (χ1n) is 4.59. The van der Waals surface area contributed by atoms with Gasteiger partial charge in [0.05, 0.1) is 18.1 Å². The van der Waals surface area contributed by atoms with Gasteiger partial charge in [-0.2, -0.15) is 0 Å². The summed E-state index contributed by atoms with van der Waals surface area (Å²) in [5, 5.41) is 11.9. The van der Waals surface area contributed by atoms with E-state index in [0.717, 1.165) is 16.5 Å². The lowest BCUT2D eigenvalue weighted by molar-refractivity contribution is 0.176. The summed E-state index contributed by atoms with van der Waals surface area (Å²) in [5.41, 5.74) is 0. The molecule has 2 rings (SSSR count). The number of H-pyrrole nitrogens is 1. The number of aliphatic hydroxyl groups excluding tert-OH is 1. The Kier molecular flexibility index (Phi) is 3.03. The highest BCUT2D eigenvalue weighted by Gasteiger charge is 2.16.